The maximum Gasteiger partial charge on any atom is 0.122 e. The molecule has 1 fully saturated rings. The average Bonchev–Trinajstić information content (AvgIpc) is 3.06. The number of ether oxygens (including phenoxy) is 1. The normalized spacial score (nSPS) is 18.2. The van der Waals surface area contributed by atoms with Gasteiger partial charge in [0.05, 0.1) is 24.5 Å². The highest BCUT2D eigenvalue weighted by Crippen LogP contribution is 2.30. The van der Waals surface area contributed by atoms with Gasteiger partial charge in [0.1, 0.15) is 5.75 Å². The first-order valence-electron chi connectivity index (χ1n) is 8.04. The molecule has 0 bridgehead atoms. The molecule has 0 spiro atoms. The van der Waals surface area contributed by atoms with E-state index in [2.05, 4.69) is 22.5 Å². The Bertz CT molecular complexity index is 821. The van der Waals surface area contributed by atoms with Crippen LogP contribution in [0.4, 0.5) is 0 Å². The van der Waals surface area contributed by atoms with Crippen molar-refractivity contribution in [2.45, 2.75) is 18.8 Å². The maximum atomic E-state index is 5.51. The van der Waals surface area contributed by atoms with Crippen LogP contribution in [-0.4, -0.2) is 34.8 Å². The Balaban J connectivity index is 1.81. The summed E-state index contributed by atoms with van der Waals surface area (Å²) in [6, 6.07) is 10.1. The number of aromatic nitrogens is 3. The number of nitrogens with one attached hydrogen (secondary N) is 1. The number of methoxy groups -OCH3 is 1. The van der Waals surface area contributed by atoms with Crippen LogP contribution >= 0.6 is 0 Å². The molecule has 23 heavy (non-hydrogen) atoms. The van der Waals surface area contributed by atoms with Crippen molar-refractivity contribution in [2.75, 3.05) is 20.2 Å². The molecule has 0 amide bonds. The van der Waals surface area contributed by atoms with Gasteiger partial charge < -0.3 is 10.1 Å². The second-order valence-electron chi connectivity index (χ2n) is 5.95. The number of hydrogen-bond acceptors (Lipinski definition) is 4. The standard InChI is InChI=1S/C18H20N4O/c1-23-14-9-16(13-5-4-7-19-11-13)21-17(10-14)15-12-20-22-8-3-2-6-18(15)22/h2-3,6,8-10,12-13,19H,4-5,7,11H2,1H3. The molecule has 0 radical (unpaired) electrons. The van der Waals surface area contributed by atoms with Crippen molar-refractivity contribution in [3.63, 3.8) is 0 Å². The van der Waals surface area contributed by atoms with Crippen LogP contribution in [0.3, 0.4) is 0 Å². The van der Waals surface area contributed by atoms with Gasteiger partial charge in [0, 0.05) is 42.0 Å². The number of nitrogens with zero attached hydrogens (tertiary/aromatic N) is 3. The summed E-state index contributed by atoms with van der Waals surface area (Å²) in [5.74, 6) is 1.30. The molecule has 4 rings (SSSR count). The van der Waals surface area contributed by atoms with Crippen LogP contribution in [0, 0.1) is 0 Å². The molecule has 1 aliphatic rings. The van der Waals surface area contributed by atoms with Crippen LogP contribution in [0.25, 0.3) is 16.8 Å². The van der Waals surface area contributed by atoms with Gasteiger partial charge in [-0.05, 0) is 31.5 Å². The molecule has 1 N–H and O–H groups in total. The van der Waals surface area contributed by atoms with Crippen molar-refractivity contribution < 1.29 is 4.74 Å². The van der Waals surface area contributed by atoms with E-state index in [-0.39, 0.29) is 0 Å². The van der Waals surface area contributed by atoms with E-state index in [9.17, 15) is 0 Å². The van der Waals surface area contributed by atoms with Gasteiger partial charge in [0.2, 0.25) is 0 Å². The minimum absolute atomic E-state index is 0.444. The van der Waals surface area contributed by atoms with Gasteiger partial charge in [-0.3, -0.25) is 4.98 Å². The maximum absolute atomic E-state index is 5.51. The topological polar surface area (TPSA) is 51.5 Å². The minimum Gasteiger partial charge on any atom is -0.497 e. The lowest BCUT2D eigenvalue weighted by atomic mass is 9.95. The average molecular weight is 308 g/mol. The Morgan fingerprint density at radius 3 is 3.09 bits per heavy atom. The molecule has 0 saturated carbocycles. The summed E-state index contributed by atoms with van der Waals surface area (Å²) in [4.78, 5) is 4.92. The quantitative estimate of drug-likeness (QED) is 0.808. The van der Waals surface area contributed by atoms with E-state index < -0.39 is 0 Å². The molecule has 4 heterocycles. The molecule has 5 nitrogen and oxygen atoms in total. The summed E-state index contributed by atoms with van der Waals surface area (Å²) in [5, 5.41) is 7.87. The smallest absolute Gasteiger partial charge is 0.122 e. The highest BCUT2D eigenvalue weighted by atomic mass is 16.5. The van der Waals surface area contributed by atoms with E-state index in [1.165, 1.54) is 12.8 Å². The minimum atomic E-state index is 0.444. The van der Waals surface area contributed by atoms with Crippen molar-refractivity contribution in [3.8, 4) is 17.0 Å². The first-order valence-corrected chi connectivity index (χ1v) is 8.04. The Kier molecular flexibility index (Phi) is 3.71. The Morgan fingerprint density at radius 2 is 2.26 bits per heavy atom. The van der Waals surface area contributed by atoms with Crippen molar-refractivity contribution in [3.05, 3.63) is 48.4 Å². The van der Waals surface area contributed by atoms with Crippen molar-refractivity contribution >= 4 is 5.52 Å². The SMILES string of the molecule is COc1cc(-c2cnn3ccccc23)nc(C2CCCNC2)c1. The number of rotatable bonds is 3. The highest BCUT2D eigenvalue weighted by molar-refractivity contribution is 5.78. The van der Waals surface area contributed by atoms with E-state index in [1.807, 2.05) is 35.1 Å². The zero-order valence-corrected chi connectivity index (χ0v) is 13.2. The molecule has 3 aromatic rings. The highest BCUT2D eigenvalue weighted by Gasteiger charge is 2.19. The number of fused-ring (bicyclic) bond motifs is 1. The third-order valence-corrected chi connectivity index (χ3v) is 4.47. The van der Waals surface area contributed by atoms with Gasteiger partial charge in [0.15, 0.2) is 0 Å². The molecule has 0 aromatic carbocycles. The van der Waals surface area contributed by atoms with Crippen molar-refractivity contribution in [1.82, 2.24) is 19.9 Å². The van der Waals surface area contributed by atoms with Gasteiger partial charge in [-0.25, -0.2) is 4.52 Å². The molecule has 1 atom stereocenters. The predicted octanol–water partition coefficient (Wildman–Crippen LogP) is 2.87. The van der Waals surface area contributed by atoms with E-state index in [1.54, 1.807) is 7.11 Å². The van der Waals surface area contributed by atoms with Crippen LogP contribution in [0.1, 0.15) is 24.5 Å². The molecule has 118 valence electrons. The number of hydrogen-bond donors (Lipinski definition) is 1. The largest absolute Gasteiger partial charge is 0.497 e. The lowest BCUT2D eigenvalue weighted by Crippen LogP contribution is -2.28. The molecule has 1 aliphatic heterocycles. The third-order valence-electron chi connectivity index (χ3n) is 4.47. The van der Waals surface area contributed by atoms with Crippen LogP contribution in [0.15, 0.2) is 42.7 Å². The first kappa shape index (κ1) is 14.2. The van der Waals surface area contributed by atoms with Crippen LogP contribution < -0.4 is 10.1 Å². The van der Waals surface area contributed by atoms with Crippen molar-refractivity contribution in [1.29, 1.82) is 0 Å². The molecular weight excluding hydrogens is 288 g/mol. The fraction of sp³-hybridized carbons (Fsp3) is 0.333. The van der Waals surface area contributed by atoms with Crippen LogP contribution in [-0.2, 0) is 0 Å². The summed E-state index contributed by atoms with van der Waals surface area (Å²) >= 11 is 0. The fourth-order valence-corrected chi connectivity index (χ4v) is 3.23. The Hall–Kier alpha value is -2.40. The molecular formula is C18H20N4O. The van der Waals surface area contributed by atoms with E-state index in [4.69, 9.17) is 9.72 Å². The zero-order valence-electron chi connectivity index (χ0n) is 13.2. The predicted molar refractivity (Wildman–Crippen MR) is 89.8 cm³/mol. The second-order valence-corrected chi connectivity index (χ2v) is 5.95. The van der Waals surface area contributed by atoms with Gasteiger partial charge in [-0.1, -0.05) is 6.07 Å². The zero-order chi connectivity index (χ0) is 15.6. The van der Waals surface area contributed by atoms with Gasteiger partial charge in [-0.2, -0.15) is 5.10 Å². The fourth-order valence-electron chi connectivity index (χ4n) is 3.23. The number of pyridine rings is 2. The third kappa shape index (κ3) is 2.68. The molecule has 3 aromatic heterocycles. The lowest BCUT2D eigenvalue weighted by molar-refractivity contribution is 0.409. The van der Waals surface area contributed by atoms with Crippen molar-refractivity contribution in [2.24, 2.45) is 0 Å². The summed E-state index contributed by atoms with van der Waals surface area (Å²) in [5.41, 5.74) is 4.11. The Labute approximate surface area is 135 Å². The molecule has 1 saturated heterocycles. The van der Waals surface area contributed by atoms with Gasteiger partial charge in [0.25, 0.3) is 0 Å². The monoisotopic (exact) mass is 308 g/mol. The Morgan fingerprint density at radius 1 is 1.30 bits per heavy atom. The van der Waals surface area contributed by atoms with Crippen LogP contribution in [0.5, 0.6) is 5.75 Å². The first-order chi connectivity index (χ1) is 11.3. The van der Waals surface area contributed by atoms with E-state index in [0.29, 0.717) is 5.92 Å². The lowest BCUT2D eigenvalue weighted by Gasteiger charge is -2.23. The van der Waals surface area contributed by atoms with Crippen LogP contribution in [0.2, 0.25) is 0 Å². The van der Waals surface area contributed by atoms with E-state index >= 15 is 0 Å². The molecule has 0 aliphatic carbocycles. The summed E-state index contributed by atoms with van der Waals surface area (Å²) < 4.78 is 7.38. The summed E-state index contributed by atoms with van der Waals surface area (Å²) in [7, 11) is 1.71. The van der Waals surface area contributed by atoms with E-state index in [0.717, 1.165) is 41.3 Å². The molecule has 1 unspecified atom stereocenters. The summed E-state index contributed by atoms with van der Waals surface area (Å²) in [6.07, 6.45) is 6.18. The van der Waals surface area contributed by atoms with Gasteiger partial charge in [-0.15, -0.1) is 0 Å². The number of piperidine rings is 1. The van der Waals surface area contributed by atoms with Gasteiger partial charge >= 0.3 is 0 Å². The summed E-state index contributed by atoms with van der Waals surface area (Å²) in [6.45, 7) is 2.08. The second kappa shape index (κ2) is 6.01. The molecule has 5 heteroatoms.